The number of hydrogen-bond donors (Lipinski definition) is 3. The highest BCUT2D eigenvalue weighted by Gasteiger charge is 1.87. The van der Waals surface area contributed by atoms with Gasteiger partial charge in [0.25, 0.3) is 0 Å². The number of benzene rings is 1. The van der Waals surface area contributed by atoms with E-state index in [4.69, 9.17) is 15.6 Å². The molecule has 0 saturated heterocycles. The van der Waals surface area contributed by atoms with Crippen LogP contribution in [0.25, 0.3) is 0 Å². The SMILES string of the molecule is C=O.CS.Nc1ccccc1O. The Labute approximate surface area is 77.6 Å². The number of hydrogen-bond acceptors (Lipinski definition) is 4. The number of aromatic hydroxyl groups is 1. The van der Waals surface area contributed by atoms with Gasteiger partial charge in [0.15, 0.2) is 0 Å². The zero-order valence-electron chi connectivity index (χ0n) is 6.90. The summed E-state index contributed by atoms with van der Waals surface area (Å²) < 4.78 is 0. The largest absolute Gasteiger partial charge is 0.506 e. The summed E-state index contributed by atoms with van der Waals surface area (Å²) in [4.78, 5) is 8.00. The van der Waals surface area contributed by atoms with Crippen LogP contribution in [0.4, 0.5) is 5.69 Å². The number of rotatable bonds is 0. The van der Waals surface area contributed by atoms with Gasteiger partial charge in [-0.25, -0.2) is 0 Å². The Morgan fingerprint density at radius 2 is 1.75 bits per heavy atom. The first-order chi connectivity index (χ1) is 5.80. The highest BCUT2D eigenvalue weighted by Crippen LogP contribution is 2.16. The smallest absolute Gasteiger partial charge is 0.138 e. The first kappa shape index (κ1) is 13.4. The Bertz CT molecular complexity index is 185. The summed E-state index contributed by atoms with van der Waals surface area (Å²) >= 11 is 3.53. The van der Waals surface area contributed by atoms with Crippen molar-refractivity contribution in [3.05, 3.63) is 24.3 Å². The van der Waals surface area contributed by atoms with Crippen LogP contribution in [-0.2, 0) is 4.79 Å². The number of anilines is 1. The number of phenolic OH excluding ortho intramolecular Hbond substituents is 1. The summed E-state index contributed by atoms with van der Waals surface area (Å²) in [6.45, 7) is 2.00. The Morgan fingerprint density at radius 1 is 1.33 bits per heavy atom. The Morgan fingerprint density at radius 3 is 2.00 bits per heavy atom. The lowest BCUT2D eigenvalue weighted by atomic mass is 10.3. The predicted octanol–water partition coefficient (Wildman–Crippen LogP) is 1.34. The first-order valence-electron chi connectivity index (χ1n) is 3.08. The van der Waals surface area contributed by atoms with E-state index in [1.807, 2.05) is 6.79 Å². The van der Waals surface area contributed by atoms with Crippen molar-refractivity contribution in [2.75, 3.05) is 12.0 Å². The van der Waals surface area contributed by atoms with Crippen LogP contribution in [0.3, 0.4) is 0 Å². The standard InChI is InChI=1S/C6H7NO.CH2O.CH4S/c7-5-3-1-2-4-6(5)8;2*1-2/h1-4,8H,7H2;1H2;2H,1H3. The number of carbonyl (C=O) groups excluding carboxylic acids is 1. The first-order valence-corrected chi connectivity index (χ1v) is 3.97. The van der Waals surface area contributed by atoms with Crippen LogP contribution < -0.4 is 5.73 Å². The molecular weight excluding hydrogens is 174 g/mol. The van der Waals surface area contributed by atoms with Gasteiger partial charge in [0.2, 0.25) is 0 Å². The van der Waals surface area contributed by atoms with E-state index in [0.717, 1.165) is 0 Å². The predicted molar refractivity (Wildman–Crippen MR) is 54.6 cm³/mol. The molecule has 0 bridgehead atoms. The summed E-state index contributed by atoms with van der Waals surface area (Å²) in [6.07, 6.45) is 1.69. The lowest BCUT2D eigenvalue weighted by Crippen LogP contribution is -1.82. The van der Waals surface area contributed by atoms with Crippen LogP contribution in [0, 0.1) is 0 Å². The van der Waals surface area contributed by atoms with Crippen molar-refractivity contribution in [2.45, 2.75) is 0 Å². The maximum absolute atomic E-state index is 8.79. The van der Waals surface area contributed by atoms with Crippen LogP contribution in [-0.4, -0.2) is 18.2 Å². The van der Waals surface area contributed by atoms with Crippen molar-refractivity contribution in [3.8, 4) is 5.75 Å². The molecule has 4 heteroatoms. The minimum Gasteiger partial charge on any atom is -0.506 e. The van der Waals surface area contributed by atoms with Gasteiger partial charge in [0.1, 0.15) is 12.5 Å². The zero-order valence-corrected chi connectivity index (χ0v) is 7.79. The van der Waals surface area contributed by atoms with E-state index >= 15 is 0 Å². The Balaban J connectivity index is 0. The van der Waals surface area contributed by atoms with E-state index in [1.165, 1.54) is 0 Å². The monoisotopic (exact) mass is 187 g/mol. The fraction of sp³-hybridized carbons (Fsp3) is 0.125. The van der Waals surface area contributed by atoms with Gasteiger partial charge in [0.05, 0.1) is 5.69 Å². The van der Waals surface area contributed by atoms with Crippen LogP contribution in [0.1, 0.15) is 0 Å². The lowest BCUT2D eigenvalue weighted by molar-refractivity contribution is -0.0979. The van der Waals surface area contributed by atoms with Gasteiger partial charge >= 0.3 is 0 Å². The van der Waals surface area contributed by atoms with Gasteiger partial charge in [-0.2, -0.15) is 12.6 Å². The summed E-state index contributed by atoms with van der Waals surface area (Å²) in [5.74, 6) is 0.146. The highest BCUT2D eigenvalue weighted by molar-refractivity contribution is 7.79. The van der Waals surface area contributed by atoms with Gasteiger partial charge < -0.3 is 15.6 Å². The van der Waals surface area contributed by atoms with E-state index in [-0.39, 0.29) is 5.75 Å². The number of nitrogens with two attached hydrogens (primary N) is 1. The number of phenols is 1. The van der Waals surface area contributed by atoms with Crippen molar-refractivity contribution < 1.29 is 9.90 Å². The molecular formula is C8H13NO2S. The molecule has 0 radical (unpaired) electrons. The molecule has 0 saturated carbocycles. The normalized spacial score (nSPS) is 6.83. The molecule has 0 aromatic heterocycles. The Kier molecular flexibility index (Phi) is 11.0. The summed E-state index contributed by atoms with van der Waals surface area (Å²) in [5, 5.41) is 8.79. The van der Waals surface area contributed by atoms with Crippen molar-refractivity contribution >= 4 is 25.1 Å². The molecule has 0 aliphatic rings. The van der Waals surface area contributed by atoms with Gasteiger partial charge in [-0.3, -0.25) is 0 Å². The fourth-order valence-corrected chi connectivity index (χ4v) is 0.488. The molecule has 0 atom stereocenters. The molecule has 0 aliphatic heterocycles. The van der Waals surface area contributed by atoms with Crippen LogP contribution in [0.2, 0.25) is 0 Å². The van der Waals surface area contributed by atoms with Crippen LogP contribution >= 0.6 is 12.6 Å². The third-order valence-electron chi connectivity index (χ3n) is 0.937. The van der Waals surface area contributed by atoms with Gasteiger partial charge in [-0.15, -0.1) is 0 Å². The molecule has 1 aromatic carbocycles. The number of carbonyl (C=O) groups is 1. The molecule has 0 spiro atoms. The molecule has 1 aromatic rings. The number of nitrogen functional groups attached to an aromatic ring is 1. The zero-order chi connectivity index (χ0) is 9.98. The summed E-state index contributed by atoms with van der Waals surface area (Å²) in [6, 6.07) is 6.70. The van der Waals surface area contributed by atoms with Crippen molar-refractivity contribution in [2.24, 2.45) is 0 Å². The molecule has 0 amide bonds. The molecule has 3 N–H and O–H groups in total. The second-order valence-corrected chi connectivity index (χ2v) is 1.56. The van der Waals surface area contributed by atoms with Gasteiger partial charge in [0, 0.05) is 0 Å². The third kappa shape index (κ3) is 5.61. The van der Waals surface area contributed by atoms with E-state index in [2.05, 4.69) is 12.6 Å². The molecule has 0 fully saturated rings. The van der Waals surface area contributed by atoms with E-state index in [1.54, 1.807) is 30.5 Å². The van der Waals surface area contributed by atoms with Crippen molar-refractivity contribution in [3.63, 3.8) is 0 Å². The topological polar surface area (TPSA) is 63.3 Å². The molecule has 3 nitrogen and oxygen atoms in total. The summed E-state index contributed by atoms with van der Waals surface area (Å²) in [7, 11) is 0. The van der Waals surface area contributed by atoms with Crippen molar-refractivity contribution in [1.82, 2.24) is 0 Å². The third-order valence-corrected chi connectivity index (χ3v) is 0.937. The van der Waals surface area contributed by atoms with Crippen molar-refractivity contribution in [1.29, 1.82) is 0 Å². The van der Waals surface area contributed by atoms with Gasteiger partial charge in [-0.05, 0) is 18.4 Å². The van der Waals surface area contributed by atoms with E-state index in [9.17, 15) is 0 Å². The fourth-order valence-electron chi connectivity index (χ4n) is 0.488. The molecule has 0 aliphatic carbocycles. The van der Waals surface area contributed by atoms with E-state index < -0.39 is 0 Å². The quantitative estimate of drug-likeness (QED) is 0.326. The molecule has 0 heterocycles. The maximum atomic E-state index is 8.79. The van der Waals surface area contributed by atoms with Crippen LogP contribution in [0.15, 0.2) is 24.3 Å². The highest BCUT2D eigenvalue weighted by atomic mass is 32.1. The molecule has 68 valence electrons. The second-order valence-electron chi connectivity index (χ2n) is 1.56. The molecule has 0 unspecified atom stereocenters. The van der Waals surface area contributed by atoms with E-state index in [0.29, 0.717) is 5.69 Å². The minimum atomic E-state index is 0.146. The second kappa shape index (κ2) is 9.84. The lowest BCUT2D eigenvalue weighted by Gasteiger charge is -1.92. The van der Waals surface area contributed by atoms with Gasteiger partial charge in [-0.1, -0.05) is 12.1 Å². The molecule has 1 rings (SSSR count). The Hall–Kier alpha value is -1.16. The molecule has 12 heavy (non-hydrogen) atoms. The minimum absolute atomic E-state index is 0.146. The number of para-hydroxylation sites is 2. The average Bonchev–Trinajstić information content (AvgIpc) is 2.17. The van der Waals surface area contributed by atoms with Crippen LogP contribution in [0.5, 0.6) is 5.75 Å². The average molecular weight is 187 g/mol. The summed E-state index contributed by atoms with van der Waals surface area (Å²) in [5.41, 5.74) is 5.69. The number of thiol groups is 1. The maximum Gasteiger partial charge on any atom is 0.138 e.